The number of furan rings is 1. The van der Waals surface area contributed by atoms with Gasteiger partial charge in [-0.25, -0.2) is 0 Å². The van der Waals surface area contributed by atoms with Gasteiger partial charge in [-0.3, -0.25) is 9.48 Å². The second-order valence-corrected chi connectivity index (χ2v) is 4.00. The van der Waals surface area contributed by atoms with Crippen LogP contribution in [0.5, 0.6) is 0 Å². The Kier molecular flexibility index (Phi) is 2.67. The van der Waals surface area contributed by atoms with Crippen molar-refractivity contribution in [1.29, 1.82) is 0 Å². The molecule has 14 heavy (non-hydrogen) atoms. The highest BCUT2D eigenvalue weighted by molar-refractivity contribution is 14.1. The molecule has 0 saturated carbocycles. The van der Waals surface area contributed by atoms with Crippen molar-refractivity contribution in [3.63, 3.8) is 0 Å². The van der Waals surface area contributed by atoms with Gasteiger partial charge in [0.2, 0.25) is 5.78 Å². The first-order chi connectivity index (χ1) is 6.75. The summed E-state index contributed by atoms with van der Waals surface area (Å²) in [5, 5.41) is 4.01. The van der Waals surface area contributed by atoms with Crippen LogP contribution in [-0.2, 0) is 6.54 Å². The fourth-order valence-electron chi connectivity index (χ4n) is 1.09. The van der Waals surface area contributed by atoms with E-state index in [1.165, 1.54) is 6.26 Å². The van der Waals surface area contributed by atoms with E-state index in [-0.39, 0.29) is 12.3 Å². The molecule has 0 amide bonds. The molecule has 2 aromatic heterocycles. The number of rotatable bonds is 3. The molecule has 0 aliphatic carbocycles. The third-order valence-corrected chi connectivity index (χ3v) is 2.26. The molecule has 0 aromatic carbocycles. The molecule has 0 N–H and O–H groups in total. The maximum absolute atomic E-state index is 11.5. The Bertz CT molecular complexity index is 433. The van der Waals surface area contributed by atoms with Crippen molar-refractivity contribution in [3.8, 4) is 0 Å². The molecule has 2 rings (SSSR count). The largest absolute Gasteiger partial charge is 0.461 e. The molecule has 72 valence electrons. The number of halogens is 1. The average molecular weight is 302 g/mol. The molecule has 0 spiro atoms. The molecule has 4 nitrogen and oxygen atoms in total. The highest BCUT2D eigenvalue weighted by Crippen LogP contribution is 2.05. The van der Waals surface area contributed by atoms with Crippen molar-refractivity contribution in [2.24, 2.45) is 0 Å². The van der Waals surface area contributed by atoms with E-state index >= 15 is 0 Å². The van der Waals surface area contributed by atoms with Crippen molar-refractivity contribution in [2.45, 2.75) is 6.54 Å². The van der Waals surface area contributed by atoms with Gasteiger partial charge in [0.05, 0.1) is 16.0 Å². The van der Waals surface area contributed by atoms with Gasteiger partial charge >= 0.3 is 0 Å². The summed E-state index contributed by atoms with van der Waals surface area (Å²) in [6, 6.07) is 3.34. The first-order valence-electron chi connectivity index (χ1n) is 4.00. The van der Waals surface area contributed by atoms with Gasteiger partial charge in [0, 0.05) is 6.20 Å². The Labute approximate surface area is 94.0 Å². The second-order valence-electron chi connectivity index (χ2n) is 2.76. The summed E-state index contributed by atoms with van der Waals surface area (Å²) in [5.74, 6) is 0.296. The van der Waals surface area contributed by atoms with Crippen molar-refractivity contribution in [1.82, 2.24) is 9.78 Å². The predicted octanol–water partition coefficient (Wildman–Crippen LogP) is 1.96. The summed E-state index contributed by atoms with van der Waals surface area (Å²) < 4.78 is 7.58. The lowest BCUT2D eigenvalue weighted by Gasteiger charge is -1.96. The summed E-state index contributed by atoms with van der Waals surface area (Å²) >= 11 is 2.14. The molecule has 2 heterocycles. The first-order valence-corrected chi connectivity index (χ1v) is 5.08. The second kappa shape index (κ2) is 3.95. The van der Waals surface area contributed by atoms with Crippen molar-refractivity contribution >= 4 is 28.4 Å². The summed E-state index contributed by atoms with van der Waals surface area (Å²) in [6.07, 6.45) is 5.00. The quantitative estimate of drug-likeness (QED) is 0.643. The van der Waals surface area contributed by atoms with E-state index in [4.69, 9.17) is 4.42 Å². The predicted molar refractivity (Wildman–Crippen MR) is 58.0 cm³/mol. The smallest absolute Gasteiger partial charge is 0.219 e. The van der Waals surface area contributed by atoms with Crippen LogP contribution >= 0.6 is 22.6 Å². The number of carbonyl (C=O) groups is 1. The minimum Gasteiger partial charge on any atom is -0.461 e. The monoisotopic (exact) mass is 302 g/mol. The van der Waals surface area contributed by atoms with Crippen LogP contribution in [0.1, 0.15) is 10.6 Å². The highest BCUT2D eigenvalue weighted by atomic mass is 127. The number of ketones is 1. The van der Waals surface area contributed by atoms with Crippen LogP contribution in [0.25, 0.3) is 0 Å². The maximum Gasteiger partial charge on any atom is 0.219 e. The van der Waals surface area contributed by atoms with Crippen LogP contribution in [0.15, 0.2) is 35.2 Å². The van der Waals surface area contributed by atoms with E-state index < -0.39 is 0 Å². The first kappa shape index (κ1) is 9.45. The number of hydrogen-bond acceptors (Lipinski definition) is 3. The molecular weight excluding hydrogens is 295 g/mol. The molecular formula is C9H7IN2O2. The summed E-state index contributed by atoms with van der Waals surface area (Å²) in [7, 11) is 0. The van der Waals surface area contributed by atoms with Crippen molar-refractivity contribution in [2.75, 3.05) is 0 Å². The fourth-order valence-corrected chi connectivity index (χ4v) is 1.53. The number of nitrogens with zero attached hydrogens (tertiary/aromatic N) is 2. The summed E-state index contributed by atoms with van der Waals surface area (Å²) in [5.41, 5.74) is 0. The topological polar surface area (TPSA) is 48.0 Å². The number of carbonyl (C=O) groups excluding carboxylic acids is 1. The summed E-state index contributed by atoms with van der Waals surface area (Å²) in [6.45, 7) is 0.219. The molecule has 5 heteroatoms. The molecule has 0 saturated heterocycles. The van der Waals surface area contributed by atoms with Crippen molar-refractivity contribution in [3.05, 3.63) is 40.1 Å². The zero-order valence-electron chi connectivity index (χ0n) is 7.18. The Morgan fingerprint density at radius 3 is 3.07 bits per heavy atom. The Balaban J connectivity index is 2.09. The minimum atomic E-state index is -0.0745. The van der Waals surface area contributed by atoms with E-state index in [1.807, 2.05) is 0 Å². The van der Waals surface area contributed by atoms with Gasteiger partial charge in [-0.2, -0.15) is 5.10 Å². The van der Waals surface area contributed by atoms with Crippen LogP contribution in [-0.4, -0.2) is 15.6 Å². The molecule has 0 aliphatic heterocycles. The van der Waals surface area contributed by atoms with Gasteiger partial charge in [-0.1, -0.05) is 0 Å². The van der Waals surface area contributed by atoms with Gasteiger partial charge in [0.25, 0.3) is 0 Å². The van der Waals surface area contributed by atoms with Crippen LogP contribution in [0, 0.1) is 3.57 Å². The Hall–Kier alpha value is -1.11. The van der Waals surface area contributed by atoms with Crippen LogP contribution in [0.4, 0.5) is 0 Å². The summed E-state index contributed by atoms with van der Waals surface area (Å²) in [4.78, 5) is 11.5. The fraction of sp³-hybridized carbons (Fsp3) is 0.111. The van der Waals surface area contributed by atoms with Gasteiger partial charge in [0.1, 0.15) is 6.54 Å². The van der Waals surface area contributed by atoms with Gasteiger partial charge < -0.3 is 4.42 Å². The van der Waals surface area contributed by atoms with Crippen molar-refractivity contribution < 1.29 is 9.21 Å². The lowest BCUT2D eigenvalue weighted by Crippen LogP contribution is -2.09. The van der Waals surface area contributed by atoms with E-state index in [0.717, 1.165) is 3.57 Å². The van der Waals surface area contributed by atoms with Gasteiger partial charge in [-0.05, 0) is 34.7 Å². The average Bonchev–Trinajstić information content (AvgIpc) is 2.75. The third kappa shape index (κ3) is 2.03. The Morgan fingerprint density at radius 2 is 2.50 bits per heavy atom. The molecule has 0 bridgehead atoms. The number of aromatic nitrogens is 2. The highest BCUT2D eigenvalue weighted by Gasteiger charge is 2.09. The van der Waals surface area contributed by atoms with E-state index in [1.54, 1.807) is 29.2 Å². The molecule has 0 atom stereocenters. The van der Waals surface area contributed by atoms with E-state index in [2.05, 4.69) is 27.7 Å². The Morgan fingerprint density at radius 1 is 1.64 bits per heavy atom. The van der Waals surface area contributed by atoms with Crippen LogP contribution in [0.2, 0.25) is 0 Å². The lowest BCUT2D eigenvalue weighted by atomic mass is 10.3. The van der Waals surface area contributed by atoms with E-state index in [9.17, 15) is 4.79 Å². The third-order valence-electron chi connectivity index (χ3n) is 1.70. The maximum atomic E-state index is 11.5. The molecule has 0 aliphatic rings. The molecule has 0 radical (unpaired) electrons. The van der Waals surface area contributed by atoms with Crippen LogP contribution in [0.3, 0.4) is 0 Å². The zero-order valence-corrected chi connectivity index (χ0v) is 9.34. The standard InChI is InChI=1S/C9H7IN2O2/c10-7-4-11-12(5-7)6-8(13)9-2-1-3-14-9/h1-5H,6H2. The van der Waals surface area contributed by atoms with E-state index in [0.29, 0.717) is 5.76 Å². The normalized spacial score (nSPS) is 10.4. The molecule has 2 aromatic rings. The lowest BCUT2D eigenvalue weighted by molar-refractivity contribution is 0.0940. The molecule has 0 fully saturated rings. The van der Waals surface area contributed by atoms with Crippen LogP contribution < -0.4 is 0 Å². The number of Topliss-reactive ketones (excluding diaryl/α,β-unsaturated/α-hetero) is 1. The number of hydrogen-bond donors (Lipinski definition) is 0. The SMILES string of the molecule is O=C(Cn1cc(I)cn1)c1ccco1. The van der Waals surface area contributed by atoms with Gasteiger partial charge in [0.15, 0.2) is 5.76 Å². The zero-order chi connectivity index (χ0) is 9.97. The molecule has 0 unspecified atom stereocenters. The minimum absolute atomic E-state index is 0.0745. The van der Waals surface area contributed by atoms with Gasteiger partial charge in [-0.15, -0.1) is 0 Å².